The van der Waals surface area contributed by atoms with Crippen molar-refractivity contribution < 1.29 is 27.4 Å². The van der Waals surface area contributed by atoms with E-state index >= 15 is 0 Å². The van der Waals surface area contributed by atoms with E-state index in [1.54, 1.807) is 42.6 Å². The number of fused-ring (bicyclic) bond motifs is 3. The minimum atomic E-state index is -4.03. The Bertz CT molecular complexity index is 1590. The number of anilines is 1. The minimum Gasteiger partial charge on any atom is -0.454 e. The molecule has 1 fully saturated rings. The van der Waals surface area contributed by atoms with E-state index in [0.29, 0.717) is 22.7 Å². The van der Waals surface area contributed by atoms with Crippen LogP contribution >= 0.6 is 0 Å². The van der Waals surface area contributed by atoms with Gasteiger partial charge in [-0.1, -0.05) is 30.3 Å². The fourth-order valence-electron chi connectivity index (χ4n) is 4.25. The van der Waals surface area contributed by atoms with Crippen LogP contribution in [0.2, 0.25) is 0 Å². The number of aromatic nitrogens is 1. The van der Waals surface area contributed by atoms with Crippen LogP contribution in [0.1, 0.15) is 10.4 Å². The molecule has 0 radical (unpaired) electrons. The molecule has 0 spiro atoms. The van der Waals surface area contributed by atoms with Gasteiger partial charge < -0.3 is 19.5 Å². The number of hydrogen-bond donors (Lipinski definition) is 1. The summed E-state index contributed by atoms with van der Waals surface area (Å²) in [5, 5.41) is 3.63. The fourth-order valence-corrected chi connectivity index (χ4v) is 5.78. The summed E-state index contributed by atoms with van der Waals surface area (Å²) in [6.07, 6.45) is 1.64. The number of carbonyl (C=O) groups excluding carboxylic acids is 1. The number of benzene rings is 3. The summed E-state index contributed by atoms with van der Waals surface area (Å²) in [5.41, 5.74) is 1.15. The quantitative estimate of drug-likeness (QED) is 0.440. The molecule has 0 bridgehead atoms. The molecule has 0 aliphatic carbocycles. The van der Waals surface area contributed by atoms with Crippen molar-refractivity contribution in [3.8, 4) is 23.0 Å². The van der Waals surface area contributed by atoms with Crippen LogP contribution in [0.5, 0.6) is 23.0 Å². The molecule has 6 rings (SSSR count). The molecule has 0 unspecified atom stereocenters. The molecule has 3 aromatic carbocycles. The lowest BCUT2D eigenvalue weighted by Gasteiger charge is -2.27. The third-order valence-corrected chi connectivity index (χ3v) is 7.97. The predicted molar refractivity (Wildman–Crippen MR) is 132 cm³/mol. The molecule has 0 saturated carbocycles. The molecule has 9 nitrogen and oxygen atoms in total. The number of ether oxygens (including phenoxy) is 3. The van der Waals surface area contributed by atoms with Crippen molar-refractivity contribution in [2.45, 2.75) is 4.90 Å². The smallest absolute Gasteiger partial charge is 0.259 e. The number of amides is 1. The first kappa shape index (κ1) is 22.5. The van der Waals surface area contributed by atoms with Gasteiger partial charge in [-0.2, -0.15) is 4.31 Å². The van der Waals surface area contributed by atoms with Gasteiger partial charge in [0, 0.05) is 30.7 Å². The van der Waals surface area contributed by atoms with Crippen molar-refractivity contribution in [2.75, 3.05) is 31.6 Å². The van der Waals surface area contributed by atoms with Gasteiger partial charge in [0.2, 0.25) is 10.0 Å². The Kier molecular flexibility index (Phi) is 5.56. The van der Waals surface area contributed by atoms with E-state index in [0.717, 1.165) is 5.39 Å². The SMILES string of the molecule is O=C1Nc2ccccc2Oc2cc(Oc3cccc4cccnc34)c(S(=O)(=O)N3CCOCC3)cc21. The average Bonchev–Trinajstić information content (AvgIpc) is 3.04. The Morgan fingerprint density at radius 2 is 1.72 bits per heavy atom. The van der Waals surface area contributed by atoms with Crippen molar-refractivity contribution >= 4 is 32.5 Å². The lowest BCUT2D eigenvalue weighted by Crippen LogP contribution is -2.40. The van der Waals surface area contributed by atoms with Crippen molar-refractivity contribution in [3.63, 3.8) is 0 Å². The Balaban J connectivity index is 1.53. The Labute approximate surface area is 207 Å². The summed E-state index contributed by atoms with van der Waals surface area (Å²) < 4.78 is 46.4. The van der Waals surface area contributed by atoms with Crippen LogP contribution in [0.3, 0.4) is 0 Å². The minimum absolute atomic E-state index is 0.0329. The normalized spacial score (nSPS) is 15.8. The van der Waals surface area contributed by atoms with Gasteiger partial charge in [0.1, 0.15) is 16.2 Å². The molecule has 4 aromatic rings. The Morgan fingerprint density at radius 3 is 2.58 bits per heavy atom. The number of sulfonamides is 1. The van der Waals surface area contributed by atoms with Crippen LogP contribution in [-0.2, 0) is 14.8 Å². The molecule has 1 aromatic heterocycles. The zero-order valence-electron chi connectivity index (χ0n) is 19.0. The monoisotopic (exact) mass is 503 g/mol. The molecule has 2 aliphatic heterocycles. The second-order valence-corrected chi connectivity index (χ2v) is 10.2. The van der Waals surface area contributed by atoms with Gasteiger partial charge >= 0.3 is 0 Å². The van der Waals surface area contributed by atoms with Crippen LogP contribution in [-0.4, -0.2) is 49.9 Å². The topological polar surface area (TPSA) is 107 Å². The van der Waals surface area contributed by atoms with Crippen LogP contribution in [0.15, 0.2) is 77.8 Å². The van der Waals surface area contributed by atoms with Gasteiger partial charge in [0.25, 0.3) is 5.91 Å². The lowest BCUT2D eigenvalue weighted by molar-refractivity contribution is 0.0729. The maximum atomic E-state index is 13.8. The molecular weight excluding hydrogens is 482 g/mol. The number of rotatable bonds is 4. The standard InChI is InChI=1S/C26H21N3O6S/c30-26-18-15-24(36(31,32)29-11-13-33-14-12-29)23(16-22(18)34-20-8-2-1-7-19(20)28-26)35-21-9-3-5-17-6-4-10-27-25(17)21/h1-10,15-16H,11-14H2,(H,28,30). The number of carbonyl (C=O) groups is 1. The predicted octanol–water partition coefficient (Wildman–Crippen LogP) is 4.41. The summed E-state index contributed by atoms with van der Waals surface area (Å²) >= 11 is 0. The number of nitrogens with one attached hydrogen (secondary N) is 1. The molecule has 10 heteroatoms. The van der Waals surface area contributed by atoms with Crippen LogP contribution in [0, 0.1) is 0 Å². The van der Waals surface area contributed by atoms with E-state index in [-0.39, 0.29) is 48.3 Å². The second-order valence-electron chi connectivity index (χ2n) is 8.30. The van der Waals surface area contributed by atoms with Gasteiger partial charge in [-0.15, -0.1) is 0 Å². The van der Waals surface area contributed by atoms with Crippen LogP contribution < -0.4 is 14.8 Å². The van der Waals surface area contributed by atoms with Crippen molar-refractivity contribution in [2.24, 2.45) is 0 Å². The third-order valence-electron chi connectivity index (χ3n) is 6.05. The van der Waals surface area contributed by atoms with E-state index in [9.17, 15) is 13.2 Å². The molecule has 182 valence electrons. The highest BCUT2D eigenvalue weighted by atomic mass is 32.2. The molecule has 0 atom stereocenters. The van der Waals surface area contributed by atoms with Crippen molar-refractivity contribution in [3.05, 3.63) is 78.5 Å². The van der Waals surface area contributed by atoms with Gasteiger partial charge in [-0.05, 0) is 30.3 Å². The zero-order valence-corrected chi connectivity index (χ0v) is 19.8. The Morgan fingerprint density at radius 1 is 0.917 bits per heavy atom. The first-order valence-electron chi connectivity index (χ1n) is 11.4. The summed E-state index contributed by atoms with van der Waals surface area (Å²) in [7, 11) is -4.03. The molecular formula is C26H21N3O6S. The second kappa shape index (κ2) is 8.90. The highest BCUT2D eigenvalue weighted by molar-refractivity contribution is 7.89. The molecule has 1 amide bonds. The molecule has 1 N–H and O–H groups in total. The number of nitrogens with zero attached hydrogens (tertiary/aromatic N) is 2. The third kappa shape index (κ3) is 3.95. The molecule has 2 aliphatic rings. The maximum absolute atomic E-state index is 13.8. The maximum Gasteiger partial charge on any atom is 0.259 e. The average molecular weight is 504 g/mol. The molecule has 3 heterocycles. The lowest BCUT2D eigenvalue weighted by atomic mass is 10.1. The highest BCUT2D eigenvalue weighted by Crippen LogP contribution is 2.42. The number of pyridine rings is 1. The summed E-state index contributed by atoms with van der Waals surface area (Å²) in [5.74, 6) is 0.551. The van der Waals surface area contributed by atoms with E-state index < -0.39 is 15.9 Å². The van der Waals surface area contributed by atoms with Crippen LogP contribution in [0.25, 0.3) is 10.9 Å². The van der Waals surface area contributed by atoms with Gasteiger partial charge in [0.05, 0.1) is 24.5 Å². The Hall–Kier alpha value is -3.99. The number of hydrogen-bond acceptors (Lipinski definition) is 7. The summed E-state index contributed by atoms with van der Waals surface area (Å²) in [6, 6.07) is 18.9. The number of morpholine rings is 1. The van der Waals surface area contributed by atoms with Gasteiger partial charge in [-0.3, -0.25) is 9.78 Å². The van der Waals surface area contributed by atoms with E-state index in [2.05, 4.69) is 10.3 Å². The van der Waals surface area contributed by atoms with E-state index in [1.165, 1.54) is 16.4 Å². The first-order valence-corrected chi connectivity index (χ1v) is 12.8. The molecule has 1 saturated heterocycles. The largest absolute Gasteiger partial charge is 0.454 e. The fraction of sp³-hybridized carbons (Fsp3) is 0.154. The van der Waals surface area contributed by atoms with E-state index in [4.69, 9.17) is 14.2 Å². The van der Waals surface area contributed by atoms with E-state index in [1.807, 2.05) is 18.2 Å². The highest BCUT2D eigenvalue weighted by Gasteiger charge is 2.33. The van der Waals surface area contributed by atoms with Crippen molar-refractivity contribution in [1.29, 1.82) is 0 Å². The first-order chi connectivity index (χ1) is 17.5. The van der Waals surface area contributed by atoms with Gasteiger partial charge in [0.15, 0.2) is 17.2 Å². The van der Waals surface area contributed by atoms with Crippen LogP contribution in [0.4, 0.5) is 5.69 Å². The zero-order chi connectivity index (χ0) is 24.7. The van der Waals surface area contributed by atoms with Gasteiger partial charge in [-0.25, -0.2) is 8.42 Å². The summed E-state index contributed by atoms with van der Waals surface area (Å²) in [6.45, 7) is 0.963. The summed E-state index contributed by atoms with van der Waals surface area (Å²) in [4.78, 5) is 17.4. The molecule has 36 heavy (non-hydrogen) atoms. The number of para-hydroxylation sites is 3. The van der Waals surface area contributed by atoms with Crippen molar-refractivity contribution in [1.82, 2.24) is 9.29 Å².